The molecule has 1 aromatic carbocycles. The molecule has 0 aliphatic heterocycles. The minimum absolute atomic E-state index is 0.0788. The molecule has 2 N–H and O–H groups in total. The lowest BCUT2D eigenvalue weighted by atomic mass is 10.0. The van der Waals surface area contributed by atoms with Gasteiger partial charge in [0.05, 0.1) is 12.5 Å². The highest BCUT2D eigenvalue weighted by Gasteiger charge is 2.19. The van der Waals surface area contributed by atoms with E-state index < -0.39 is 0 Å². The summed E-state index contributed by atoms with van der Waals surface area (Å²) in [5, 5.41) is 6.38. The molecule has 116 valence electrons. The molecule has 4 nitrogen and oxygen atoms in total. The summed E-state index contributed by atoms with van der Waals surface area (Å²) in [6.07, 6.45) is 0.207. The number of rotatable bonds is 6. The average Bonchev–Trinajstić information content (AvgIpc) is 2.38. The number of hydrogen-bond donors (Lipinski definition) is 2. The maximum atomic E-state index is 12.1. The molecule has 0 fully saturated rings. The van der Waals surface area contributed by atoms with Crippen molar-refractivity contribution in [3.63, 3.8) is 0 Å². The molecule has 2 unspecified atom stereocenters. The van der Waals surface area contributed by atoms with Crippen LogP contribution in [0.2, 0.25) is 5.02 Å². The molecule has 0 spiro atoms. The summed E-state index contributed by atoms with van der Waals surface area (Å²) in [7, 11) is 0. The molecule has 0 saturated carbocycles. The molecule has 0 saturated heterocycles. The first-order chi connectivity index (χ1) is 9.79. The van der Waals surface area contributed by atoms with Gasteiger partial charge in [0.1, 0.15) is 0 Å². The summed E-state index contributed by atoms with van der Waals surface area (Å²) in [6, 6.07) is 6.89. The molecule has 0 radical (unpaired) electrons. The van der Waals surface area contributed by atoms with E-state index in [9.17, 15) is 9.59 Å². The lowest BCUT2D eigenvalue weighted by Gasteiger charge is -2.21. The molecular weight excluding hydrogens is 288 g/mol. The van der Waals surface area contributed by atoms with E-state index in [1.807, 2.05) is 19.1 Å². The summed E-state index contributed by atoms with van der Waals surface area (Å²) in [6.45, 7) is 7.51. The monoisotopic (exact) mass is 310 g/mol. The van der Waals surface area contributed by atoms with E-state index >= 15 is 0 Å². The molecule has 0 aliphatic carbocycles. The summed E-state index contributed by atoms with van der Waals surface area (Å²) in [4.78, 5) is 23.4. The Morgan fingerprint density at radius 2 is 1.67 bits per heavy atom. The van der Waals surface area contributed by atoms with E-state index in [-0.39, 0.29) is 30.3 Å². The Morgan fingerprint density at radius 3 is 2.14 bits per heavy atom. The van der Waals surface area contributed by atoms with Crippen molar-refractivity contribution in [2.24, 2.45) is 5.92 Å². The fourth-order valence-electron chi connectivity index (χ4n) is 1.86. The SMILES string of the molecule is CC(=O)NC(CC(=O)NC(C)C(C)C)c1ccc(Cl)cc1. The number of nitrogens with one attached hydrogen (secondary N) is 2. The van der Waals surface area contributed by atoms with Gasteiger partial charge in [-0.25, -0.2) is 0 Å². The molecule has 2 amide bonds. The Hall–Kier alpha value is -1.55. The first kappa shape index (κ1) is 17.5. The Labute approximate surface area is 131 Å². The van der Waals surface area contributed by atoms with Gasteiger partial charge in [-0.05, 0) is 30.5 Å². The van der Waals surface area contributed by atoms with Gasteiger partial charge in [0.15, 0.2) is 0 Å². The van der Waals surface area contributed by atoms with Crippen molar-refractivity contribution in [3.8, 4) is 0 Å². The first-order valence-electron chi connectivity index (χ1n) is 7.11. The van der Waals surface area contributed by atoms with Crippen LogP contribution in [0.3, 0.4) is 0 Å². The minimum Gasteiger partial charge on any atom is -0.353 e. The number of carbonyl (C=O) groups is 2. The summed E-state index contributed by atoms with van der Waals surface area (Å²) < 4.78 is 0. The van der Waals surface area contributed by atoms with Gasteiger partial charge >= 0.3 is 0 Å². The van der Waals surface area contributed by atoms with Crippen LogP contribution >= 0.6 is 11.6 Å². The topological polar surface area (TPSA) is 58.2 Å². The Bertz CT molecular complexity index is 486. The van der Waals surface area contributed by atoms with Crippen molar-refractivity contribution >= 4 is 23.4 Å². The summed E-state index contributed by atoms with van der Waals surface area (Å²) in [5.41, 5.74) is 0.863. The van der Waals surface area contributed by atoms with Crippen molar-refractivity contribution in [2.45, 2.75) is 46.2 Å². The van der Waals surface area contributed by atoms with E-state index in [4.69, 9.17) is 11.6 Å². The molecule has 21 heavy (non-hydrogen) atoms. The van der Waals surface area contributed by atoms with Gasteiger partial charge in [0, 0.05) is 18.0 Å². The van der Waals surface area contributed by atoms with E-state index in [0.717, 1.165) is 5.56 Å². The quantitative estimate of drug-likeness (QED) is 0.848. The minimum atomic E-state index is -0.348. The predicted molar refractivity (Wildman–Crippen MR) is 85.1 cm³/mol. The standard InChI is InChI=1S/C16H23ClN2O2/c1-10(2)11(3)18-16(21)9-15(19-12(4)20)13-5-7-14(17)8-6-13/h5-8,10-11,15H,9H2,1-4H3,(H,18,21)(H,19,20). The normalized spacial score (nSPS) is 13.6. The lowest BCUT2D eigenvalue weighted by molar-refractivity contribution is -0.123. The lowest BCUT2D eigenvalue weighted by Crippen LogP contribution is -2.39. The third-order valence-corrected chi connectivity index (χ3v) is 3.68. The molecule has 0 heterocycles. The van der Waals surface area contributed by atoms with Crippen molar-refractivity contribution < 1.29 is 9.59 Å². The van der Waals surface area contributed by atoms with Gasteiger partial charge < -0.3 is 10.6 Å². The molecule has 1 rings (SSSR count). The summed E-state index contributed by atoms with van der Waals surface area (Å²) >= 11 is 5.86. The molecular formula is C16H23ClN2O2. The second kappa shape index (κ2) is 8.03. The maximum Gasteiger partial charge on any atom is 0.222 e. The highest BCUT2D eigenvalue weighted by atomic mass is 35.5. The number of benzene rings is 1. The second-order valence-electron chi connectivity index (χ2n) is 5.61. The zero-order valence-electron chi connectivity index (χ0n) is 12.9. The fraction of sp³-hybridized carbons (Fsp3) is 0.500. The Balaban J connectivity index is 2.76. The van der Waals surface area contributed by atoms with E-state index in [0.29, 0.717) is 10.9 Å². The molecule has 0 bridgehead atoms. The van der Waals surface area contributed by atoms with Crippen LogP contribution in [-0.2, 0) is 9.59 Å². The molecule has 2 atom stereocenters. The molecule has 5 heteroatoms. The van der Waals surface area contributed by atoms with Crippen LogP contribution in [-0.4, -0.2) is 17.9 Å². The van der Waals surface area contributed by atoms with Crippen LogP contribution in [0.15, 0.2) is 24.3 Å². The van der Waals surface area contributed by atoms with Gasteiger partial charge in [-0.15, -0.1) is 0 Å². The van der Waals surface area contributed by atoms with Gasteiger partial charge in [-0.3, -0.25) is 9.59 Å². The van der Waals surface area contributed by atoms with Gasteiger partial charge in [-0.2, -0.15) is 0 Å². The number of hydrogen-bond acceptors (Lipinski definition) is 2. The Morgan fingerprint density at radius 1 is 1.10 bits per heavy atom. The van der Waals surface area contributed by atoms with E-state index in [2.05, 4.69) is 24.5 Å². The number of halogens is 1. The van der Waals surface area contributed by atoms with E-state index in [1.54, 1.807) is 12.1 Å². The van der Waals surface area contributed by atoms with Gasteiger partial charge in [0.2, 0.25) is 11.8 Å². The van der Waals surface area contributed by atoms with Crippen LogP contribution in [0.4, 0.5) is 0 Å². The van der Waals surface area contributed by atoms with Gasteiger partial charge in [-0.1, -0.05) is 37.6 Å². The third kappa shape index (κ3) is 6.17. The van der Waals surface area contributed by atoms with Crippen LogP contribution in [0.5, 0.6) is 0 Å². The highest BCUT2D eigenvalue weighted by Crippen LogP contribution is 2.19. The Kier molecular flexibility index (Phi) is 6.69. The zero-order chi connectivity index (χ0) is 16.0. The molecule has 0 aliphatic rings. The number of amides is 2. The van der Waals surface area contributed by atoms with Crippen molar-refractivity contribution in [1.29, 1.82) is 0 Å². The third-order valence-electron chi connectivity index (χ3n) is 3.43. The van der Waals surface area contributed by atoms with E-state index in [1.165, 1.54) is 6.92 Å². The largest absolute Gasteiger partial charge is 0.353 e. The number of carbonyl (C=O) groups excluding carboxylic acids is 2. The van der Waals surface area contributed by atoms with Crippen molar-refractivity contribution in [2.75, 3.05) is 0 Å². The van der Waals surface area contributed by atoms with Crippen LogP contribution in [0.1, 0.15) is 45.7 Å². The predicted octanol–water partition coefficient (Wildman–Crippen LogP) is 3.07. The average molecular weight is 311 g/mol. The maximum absolute atomic E-state index is 12.1. The van der Waals surface area contributed by atoms with Crippen LogP contribution in [0, 0.1) is 5.92 Å². The highest BCUT2D eigenvalue weighted by molar-refractivity contribution is 6.30. The van der Waals surface area contributed by atoms with Gasteiger partial charge in [0.25, 0.3) is 0 Å². The second-order valence-corrected chi connectivity index (χ2v) is 6.05. The van der Waals surface area contributed by atoms with Crippen LogP contribution in [0.25, 0.3) is 0 Å². The smallest absolute Gasteiger partial charge is 0.222 e. The van der Waals surface area contributed by atoms with Crippen LogP contribution < -0.4 is 10.6 Å². The van der Waals surface area contributed by atoms with Crippen molar-refractivity contribution in [3.05, 3.63) is 34.9 Å². The molecule has 1 aromatic rings. The molecule has 0 aromatic heterocycles. The van der Waals surface area contributed by atoms with Crippen molar-refractivity contribution in [1.82, 2.24) is 10.6 Å². The first-order valence-corrected chi connectivity index (χ1v) is 7.49. The fourth-order valence-corrected chi connectivity index (χ4v) is 1.98. The summed E-state index contributed by atoms with van der Waals surface area (Å²) in [5.74, 6) is 0.119. The zero-order valence-corrected chi connectivity index (χ0v) is 13.7.